The summed E-state index contributed by atoms with van der Waals surface area (Å²) >= 11 is 0. The predicted molar refractivity (Wildman–Crippen MR) is 62.7 cm³/mol. The molecule has 0 saturated heterocycles. The van der Waals surface area contributed by atoms with E-state index in [9.17, 15) is 9.59 Å². The Morgan fingerprint density at radius 3 is 2.13 bits per heavy atom. The molecule has 88 valence electrons. The second kappa shape index (κ2) is 6.04. The molecule has 0 aliphatic heterocycles. The molecule has 2 nitrogen and oxygen atoms in total. The third-order valence-electron chi connectivity index (χ3n) is 2.99. The molecule has 0 radical (unpaired) electrons. The minimum atomic E-state index is -0.272. The third-order valence-corrected chi connectivity index (χ3v) is 2.99. The van der Waals surface area contributed by atoms with Gasteiger partial charge in [0.1, 0.15) is 0 Å². The first kappa shape index (κ1) is 14.3. The van der Waals surface area contributed by atoms with Crippen molar-refractivity contribution in [1.82, 2.24) is 0 Å². The summed E-state index contributed by atoms with van der Waals surface area (Å²) in [6.07, 6.45) is 2.70. The number of hydrogen-bond donors (Lipinski definition) is 0. The van der Waals surface area contributed by atoms with Gasteiger partial charge in [0.15, 0.2) is 12.1 Å². The van der Waals surface area contributed by atoms with Crippen molar-refractivity contribution in [2.75, 3.05) is 0 Å². The second-order valence-corrected chi connectivity index (χ2v) is 5.69. The van der Waals surface area contributed by atoms with E-state index in [-0.39, 0.29) is 11.2 Å². The zero-order chi connectivity index (χ0) is 12.1. The van der Waals surface area contributed by atoms with E-state index in [2.05, 4.69) is 34.6 Å². The van der Waals surface area contributed by atoms with Crippen LogP contribution in [0.3, 0.4) is 0 Å². The van der Waals surface area contributed by atoms with Crippen molar-refractivity contribution in [3.05, 3.63) is 0 Å². The number of aldehydes is 1. The first-order chi connectivity index (χ1) is 6.79. The van der Waals surface area contributed by atoms with Crippen molar-refractivity contribution >= 4 is 12.1 Å². The summed E-state index contributed by atoms with van der Waals surface area (Å²) in [7, 11) is 0. The van der Waals surface area contributed by atoms with Crippen molar-refractivity contribution in [2.45, 2.75) is 53.9 Å². The van der Waals surface area contributed by atoms with Gasteiger partial charge in [-0.3, -0.25) is 9.59 Å². The molecule has 0 amide bonds. The van der Waals surface area contributed by atoms with Crippen molar-refractivity contribution in [2.24, 2.45) is 17.3 Å². The van der Waals surface area contributed by atoms with Gasteiger partial charge in [-0.15, -0.1) is 0 Å². The van der Waals surface area contributed by atoms with Crippen molar-refractivity contribution < 1.29 is 9.59 Å². The number of carbonyl (C=O) groups excluding carboxylic acids is 2. The average Bonchev–Trinajstić information content (AvgIpc) is 2.09. The highest BCUT2D eigenvalue weighted by Gasteiger charge is 2.26. The van der Waals surface area contributed by atoms with E-state index in [0.717, 1.165) is 12.8 Å². The summed E-state index contributed by atoms with van der Waals surface area (Å²) in [5.74, 6) is 0.958. The van der Waals surface area contributed by atoms with Crippen LogP contribution in [0, 0.1) is 17.3 Å². The van der Waals surface area contributed by atoms with Gasteiger partial charge in [0.2, 0.25) is 0 Å². The van der Waals surface area contributed by atoms with E-state index >= 15 is 0 Å². The van der Waals surface area contributed by atoms with Crippen molar-refractivity contribution in [1.29, 1.82) is 0 Å². The zero-order valence-corrected chi connectivity index (χ0v) is 10.7. The van der Waals surface area contributed by atoms with Crippen LogP contribution in [-0.4, -0.2) is 12.1 Å². The number of rotatable bonds is 6. The minimum Gasteiger partial charge on any atom is -0.295 e. The Labute approximate surface area is 93.4 Å². The normalized spacial score (nSPS) is 14.0. The van der Waals surface area contributed by atoms with E-state index in [1.807, 2.05) is 0 Å². The maximum Gasteiger partial charge on any atom is 0.195 e. The number of ketones is 1. The largest absolute Gasteiger partial charge is 0.295 e. The average molecular weight is 212 g/mol. The molecule has 0 aromatic rings. The lowest BCUT2D eigenvalue weighted by Gasteiger charge is -2.34. The van der Waals surface area contributed by atoms with Gasteiger partial charge in [-0.05, 0) is 30.1 Å². The molecule has 15 heavy (non-hydrogen) atoms. The van der Waals surface area contributed by atoms with Crippen molar-refractivity contribution in [3.63, 3.8) is 0 Å². The van der Waals surface area contributed by atoms with E-state index in [1.54, 1.807) is 0 Å². The smallest absolute Gasteiger partial charge is 0.195 e. The van der Waals surface area contributed by atoms with E-state index in [0.29, 0.717) is 24.5 Å². The molecule has 0 bridgehead atoms. The van der Waals surface area contributed by atoms with Gasteiger partial charge >= 0.3 is 0 Å². The fourth-order valence-corrected chi connectivity index (χ4v) is 2.32. The standard InChI is InChI=1S/C13H24O2/c1-10(2)12(13(3,4)5)8-6-7-11(15)9-14/h9-10,12H,6-8H2,1-5H3. The van der Waals surface area contributed by atoms with Crippen LogP contribution in [0.15, 0.2) is 0 Å². The minimum absolute atomic E-state index is 0.272. The highest BCUT2D eigenvalue weighted by molar-refractivity contribution is 6.24. The van der Waals surface area contributed by atoms with Crippen LogP contribution in [0.5, 0.6) is 0 Å². The van der Waals surface area contributed by atoms with Gasteiger partial charge in [0.25, 0.3) is 0 Å². The van der Waals surface area contributed by atoms with Crippen LogP contribution < -0.4 is 0 Å². The van der Waals surface area contributed by atoms with Gasteiger partial charge in [0.05, 0.1) is 0 Å². The fourth-order valence-electron chi connectivity index (χ4n) is 2.32. The van der Waals surface area contributed by atoms with Gasteiger partial charge in [0, 0.05) is 6.42 Å². The summed E-state index contributed by atoms with van der Waals surface area (Å²) < 4.78 is 0. The van der Waals surface area contributed by atoms with Crippen LogP contribution in [0.1, 0.15) is 53.9 Å². The topological polar surface area (TPSA) is 34.1 Å². The molecule has 0 rings (SSSR count). The summed E-state index contributed by atoms with van der Waals surface area (Å²) in [5, 5.41) is 0. The Morgan fingerprint density at radius 2 is 1.80 bits per heavy atom. The Morgan fingerprint density at radius 1 is 1.27 bits per heavy atom. The van der Waals surface area contributed by atoms with Crippen LogP contribution in [-0.2, 0) is 9.59 Å². The summed E-state index contributed by atoms with van der Waals surface area (Å²) in [6, 6.07) is 0. The molecule has 2 heteroatoms. The monoisotopic (exact) mass is 212 g/mol. The summed E-state index contributed by atoms with van der Waals surface area (Å²) in [4.78, 5) is 21.0. The highest BCUT2D eigenvalue weighted by atomic mass is 16.2. The Bertz CT molecular complexity index is 211. The maximum absolute atomic E-state index is 10.8. The lowest BCUT2D eigenvalue weighted by molar-refractivity contribution is -0.130. The van der Waals surface area contributed by atoms with E-state index in [4.69, 9.17) is 0 Å². The van der Waals surface area contributed by atoms with Gasteiger partial charge in [-0.1, -0.05) is 34.6 Å². The number of Topliss-reactive ketones (excluding diaryl/α,β-unsaturated/α-hetero) is 1. The zero-order valence-electron chi connectivity index (χ0n) is 10.7. The molecule has 0 aliphatic rings. The molecule has 1 unspecified atom stereocenters. The predicted octanol–water partition coefficient (Wildman–Crippen LogP) is 3.24. The van der Waals surface area contributed by atoms with Gasteiger partial charge in [-0.25, -0.2) is 0 Å². The Balaban J connectivity index is 4.09. The lowest BCUT2D eigenvalue weighted by Crippen LogP contribution is -2.25. The first-order valence-corrected chi connectivity index (χ1v) is 5.77. The first-order valence-electron chi connectivity index (χ1n) is 5.77. The summed E-state index contributed by atoms with van der Waals surface area (Å²) in [5.41, 5.74) is 0.276. The molecule has 0 aromatic carbocycles. The highest BCUT2D eigenvalue weighted by Crippen LogP contribution is 2.35. The van der Waals surface area contributed by atoms with E-state index < -0.39 is 0 Å². The number of hydrogen-bond acceptors (Lipinski definition) is 2. The van der Waals surface area contributed by atoms with Crippen LogP contribution in [0.2, 0.25) is 0 Å². The third kappa shape index (κ3) is 5.71. The lowest BCUT2D eigenvalue weighted by atomic mass is 9.72. The second-order valence-electron chi connectivity index (χ2n) is 5.69. The van der Waals surface area contributed by atoms with Crippen LogP contribution >= 0.6 is 0 Å². The Kier molecular flexibility index (Phi) is 5.77. The number of carbonyl (C=O) groups is 2. The quantitative estimate of drug-likeness (QED) is 0.500. The molecular formula is C13H24O2. The van der Waals surface area contributed by atoms with Crippen molar-refractivity contribution in [3.8, 4) is 0 Å². The molecule has 0 heterocycles. The molecular weight excluding hydrogens is 188 g/mol. The van der Waals surface area contributed by atoms with Crippen LogP contribution in [0.4, 0.5) is 0 Å². The molecule has 0 N–H and O–H groups in total. The van der Waals surface area contributed by atoms with Gasteiger partial charge in [-0.2, -0.15) is 0 Å². The SMILES string of the molecule is CC(C)C(CCCC(=O)C=O)C(C)(C)C. The maximum atomic E-state index is 10.8. The Hall–Kier alpha value is -0.660. The van der Waals surface area contributed by atoms with E-state index in [1.165, 1.54) is 0 Å². The molecule has 0 spiro atoms. The molecule has 0 fully saturated rings. The molecule has 0 aliphatic carbocycles. The van der Waals surface area contributed by atoms with Crippen LogP contribution in [0.25, 0.3) is 0 Å². The molecule has 0 saturated carbocycles. The summed E-state index contributed by atoms with van der Waals surface area (Å²) in [6.45, 7) is 11.1. The fraction of sp³-hybridized carbons (Fsp3) is 0.846. The van der Waals surface area contributed by atoms with Gasteiger partial charge < -0.3 is 0 Å². The molecule has 1 atom stereocenters. The molecule has 0 aromatic heterocycles.